The first kappa shape index (κ1) is 13.3. The maximum atomic E-state index is 13.4. The van der Waals surface area contributed by atoms with E-state index < -0.39 is 0 Å². The summed E-state index contributed by atoms with van der Waals surface area (Å²) in [7, 11) is 0. The Labute approximate surface area is 118 Å². The zero-order chi connectivity index (χ0) is 13.2. The van der Waals surface area contributed by atoms with Crippen LogP contribution in [0.15, 0.2) is 18.2 Å². The van der Waals surface area contributed by atoms with Crippen molar-refractivity contribution in [3.8, 4) is 0 Å². The van der Waals surface area contributed by atoms with Crippen LogP contribution >= 0.6 is 11.6 Å². The predicted octanol–water partition coefficient (Wildman–Crippen LogP) is 3.20. The Morgan fingerprint density at radius 3 is 2.74 bits per heavy atom. The Kier molecular flexibility index (Phi) is 4.06. The summed E-state index contributed by atoms with van der Waals surface area (Å²) in [4.78, 5) is 2.48. The highest BCUT2D eigenvalue weighted by molar-refractivity contribution is 6.30. The molecule has 1 aliphatic carbocycles. The summed E-state index contributed by atoms with van der Waals surface area (Å²) in [6, 6.07) is 6.13. The lowest BCUT2D eigenvalue weighted by Crippen LogP contribution is -2.38. The Balaban J connectivity index is 1.66. The first-order valence-corrected chi connectivity index (χ1v) is 7.51. The smallest absolute Gasteiger partial charge is 0.125 e. The van der Waals surface area contributed by atoms with E-state index in [2.05, 4.69) is 10.2 Å². The van der Waals surface area contributed by atoms with E-state index in [0.29, 0.717) is 17.1 Å². The average Bonchev–Trinajstić information content (AvgIpc) is 3.06. The third-order valence-electron chi connectivity index (χ3n) is 3.99. The average molecular weight is 283 g/mol. The van der Waals surface area contributed by atoms with E-state index in [4.69, 9.17) is 11.6 Å². The summed E-state index contributed by atoms with van der Waals surface area (Å²) < 4.78 is 13.4. The van der Waals surface area contributed by atoms with Crippen molar-refractivity contribution >= 4 is 11.6 Å². The van der Waals surface area contributed by atoms with Crippen LogP contribution < -0.4 is 5.32 Å². The zero-order valence-electron chi connectivity index (χ0n) is 11.0. The van der Waals surface area contributed by atoms with Gasteiger partial charge in [-0.3, -0.25) is 4.90 Å². The van der Waals surface area contributed by atoms with E-state index >= 15 is 0 Å². The van der Waals surface area contributed by atoms with Crippen molar-refractivity contribution in [2.75, 3.05) is 13.1 Å². The molecule has 104 valence electrons. The molecular formula is C15H20ClFN2. The van der Waals surface area contributed by atoms with Crippen molar-refractivity contribution < 1.29 is 4.39 Å². The normalized spacial score (nSPS) is 23.2. The number of hydrogen-bond donors (Lipinski definition) is 1. The van der Waals surface area contributed by atoms with Crippen molar-refractivity contribution in [3.63, 3.8) is 0 Å². The summed E-state index contributed by atoms with van der Waals surface area (Å²) >= 11 is 5.93. The van der Waals surface area contributed by atoms with E-state index in [1.807, 2.05) is 6.07 Å². The van der Waals surface area contributed by atoms with Gasteiger partial charge in [-0.15, -0.1) is 0 Å². The summed E-state index contributed by atoms with van der Waals surface area (Å²) in [6.07, 6.45) is 5.08. The molecule has 1 heterocycles. The fourth-order valence-electron chi connectivity index (χ4n) is 2.91. The summed E-state index contributed by atoms with van der Waals surface area (Å²) in [5.74, 6) is -0.239. The molecule has 1 unspecified atom stereocenters. The molecule has 19 heavy (non-hydrogen) atoms. The number of hydrogen-bond acceptors (Lipinski definition) is 2. The summed E-state index contributed by atoms with van der Waals surface area (Å²) in [5, 5.41) is 4.03. The standard InChI is InChI=1S/C15H20ClFN2/c16-12-6-11(7-13(17)8-12)9-19(15-3-4-15)10-14-2-1-5-18-14/h6-8,14-15,18H,1-5,9-10H2. The Morgan fingerprint density at radius 2 is 2.11 bits per heavy atom. The third-order valence-corrected chi connectivity index (χ3v) is 4.21. The zero-order valence-corrected chi connectivity index (χ0v) is 11.8. The van der Waals surface area contributed by atoms with Crippen LogP contribution in [-0.4, -0.2) is 30.1 Å². The van der Waals surface area contributed by atoms with Crippen LogP contribution in [0.3, 0.4) is 0 Å². The van der Waals surface area contributed by atoms with E-state index in [9.17, 15) is 4.39 Å². The van der Waals surface area contributed by atoms with Crippen LogP contribution in [0.1, 0.15) is 31.2 Å². The van der Waals surface area contributed by atoms with Gasteiger partial charge in [-0.25, -0.2) is 4.39 Å². The quantitative estimate of drug-likeness (QED) is 0.892. The Morgan fingerprint density at radius 1 is 1.26 bits per heavy atom. The van der Waals surface area contributed by atoms with Gasteiger partial charge in [0.05, 0.1) is 0 Å². The fraction of sp³-hybridized carbons (Fsp3) is 0.600. The number of nitrogens with one attached hydrogen (secondary N) is 1. The molecule has 3 rings (SSSR count). The molecule has 1 saturated heterocycles. The van der Waals surface area contributed by atoms with Gasteiger partial charge < -0.3 is 5.32 Å². The van der Waals surface area contributed by atoms with Gasteiger partial charge in [-0.1, -0.05) is 11.6 Å². The molecule has 1 aromatic rings. The van der Waals surface area contributed by atoms with Gasteiger partial charge in [0.2, 0.25) is 0 Å². The fourth-order valence-corrected chi connectivity index (χ4v) is 3.16. The van der Waals surface area contributed by atoms with Crippen LogP contribution in [0.2, 0.25) is 5.02 Å². The van der Waals surface area contributed by atoms with E-state index in [-0.39, 0.29) is 5.82 Å². The molecular weight excluding hydrogens is 263 g/mol. The van der Waals surface area contributed by atoms with Crippen LogP contribution in [0.5, 0.6) is 0 Å². The SMILES string of the molecule is Fc1cc(Cl)cc(CN(CC2CCCN2)C2CC2)c1. The van der Waals surface area contributed by atoms with Gasteiger partial charge in [0.15, 0.2) is 0 Å². The van der Waals surface area contributed by atoms with Crippen molar-refractivity contribution in [2.24, 2.45) is 0 Å². The third kappa shape index (κ3) is 3.68. The maximum absolute atomic E-state index is 13.4. The van der Waals surface area contributed by atoms with Gasteiger partial charge in [-0.05, 0) is 56.0 Å². The Hall–Kier alpha value is -0.640. The first-order chi connectivity index (χ1) is 9.20. The second kappa shape index (κ2) is 5.78. The number of rotatable bonds is 5. The van der Waals surface area contributed by atoms with Crippen molar-refractivity contribution in [2.45, 2.75) is 44.3 Å². The van der Waals surface area contributed by atoms with Crippen LogP contribution in [0.4, 0.5) is 4.39 Å². The number of nitrogens with zero attached hydrogens (tertiary/aromatic N) is 1. The molecule has 2 fully saturated rings. The highest BCUT2D eigenvalue weighted by Gasteiger charge is 2.31. The van der Waals surface area contributed by atoms with Gasteiger partial charge in [0.1, 0.15) is 5.82 Å². The molecule has 0 spiro atoms. The second-order valence-corrected chi connectivity index (χ2v) is 6.17. The molecule has 0 radical (unpaired) electrons. The van der Waals surface area contributed by atoms with Gasteiger partial charge in [-0.2, -0.15) is 0 Å². The molecule has 1 saturated carbocycles. The minimum atomic E-state index is -0.239. The molecule has 1 N–H and O–H groups in total. The molecule has 2 nitrogen and oxygen atoms in total. The van der Waals surface area contributed by atoms with Gasteiger partial charge in [0, 0.05) is 30.2 Å². The molecule has 2 aliphatic rings. The lowest BCUT2D eigenvalue weighted by molar-refractivity contribution is 0.231. The highest BCUT2D eigenvalue weighted by Crippen LogP contribution is 2.29. The molecule has 1 atom stereocenters. The van der Waals surface area contributed by atoms with Gasteiger partial charge >= 0.3 is 0 Å². The van der Waals surface area contributed by atoms with Gasteiger partial charge in [0.25, 0.3) is 0 Å². The van der Waals surface area contributed by atoms with E-state index in [0.717, 1.165) is 25.2 Å². The lowest BCUT2D eigenvalue weighted by Gasteiger charge is -2.25. The molecule has 0 aromatic heterocycles. The monoisotopic (exact) mass is 282 g/mol. The maximum Gasteiger partial charge on any atom is 0.125 e. The minimum Gasteiger partial charge on any atom is -0.313 e. The van der Waals surface area contributed by atoms with Crippen molar-refractivity contribution in [1.29, 1.82) is 0 Å². The lowest BCUT2D eigenvalue weighted by atomic mass is 10.1. The first-order valence-electron chi connectivity index (χ1n) is 7.13. The molecule has 1 aliphatic heterocycles. The number of halogens is 2. The Bertz CT molecular complexity index is 422. The van der Waals surface area contributed by atoms with Crippen LogP contribution in [0, 0.1) is 5.82 Å². The largest absolute Gasteiger partial charge is 0.313 e. The molecule has 0 bridgehead atoms. The second-order valence-electron chi connectivity index (χ2n) is 5.73. The predicted molar refractivity (Wildman–Crippen MR) is 75.9 cm³/mol. The topological polar surface area (TPSA) is 15.3 Å². The van der Waals surface area contributed by atoms with Crippen LogP contribution in [-0.2, 0) is 6.54 Å². The summed E-state index contributed by atoms with van der Waals surface area (Å²) in [5.41, 5.74) is 0.981. The van der Waals surface area contributed by atoms with Crippen molar-refractivity contribution in [3.05, 3.63) is 34.6 Å². The van der Waals surface area contributed by atoms with Crippen molar-refractivity contribution in [1.82, 2.24) is 10.2 Å². The molecule has 1 aromatic carbocycles. The van der Waals surface area contributed by atoms with Crippen LogP contribution in [0.25, 0.3) is 0 Å². The van der Waals surface area contributed by atoms with E-state index in [1.165, 1.54) is 31.7 Å². The molecule has 0 amide bonds. The summed E-state index contributed by atoms with van der Waals surface area (Å²) in [6.45, 7) is 3.01. The highest BCUT2D eigenvalue weighted by atomic mass is 35.5. The van der Waals surface area contributed by atoms with E-state index in [1.54, 1.807) is 6.07 Å². The minimum absolute atomic E-state index is 0.239. The number of benzene rings is 1. The molecule has 4 heteroatoms.